The van der Waals surface area contributed by atoms with Gasteiger partial charge in [0, 0.05) is 0 Å². The van der Waals surface area contributed by atoms with E-state index in [2.05, 4.69) is 6.92 Å². The van der Waals surface area contributed by atoms with Gasteiger partial charge in [0.1, 0.15) is 0 Å². The number of nitrogens with two attached hydrogens (primary N) is 1. The summed E-state index contributed by atoms with van der Waals surface area (Å²) in [4.78, 5) is 0. The Morgan fingerprint density at radius 3 is 0.828 bits per heavy atom. The standard InChI is InChI=1S/C25H53NO2S/c1-2-3-4-5-6-7-8-9-10-11-12-13-14-15-16-17-18-19-20-21-22-23-24-25-29(26,27)28/h2-25H2,1H3,(H2,26,27,28). The summed E-state index contributed by atoms with van der Waals surface area (Å²) in [7, 11) is -3.25. The molecule has 176 valence electrons. The summed E-state index contributed by atoms with van der Waals surface area (Å²) in [5, 5.41) is 5.00. The van der Waals surface area contributed by atoms with Crippen molar-refractivity contribution in [2.24, 2.45) is 5.14 Å². The summed E-state index contributed by atoms with van der Waals surface area (Å²) in [6, 6.07) is 0. The van der Waals surface area contributed by atoms with Crippen LogP contribution in [0.15, 0.2) is 0 Å². The molecule has 0 saturated carbocycles. The van der Waals surface area contributed by atoms with Crippen LogP contribution in [0.5, 0.6) is 0 Å². The number of sulfonamides is 1. The minimum Gasteiger partial charge on any atom is -0.229 e. The van der Waals surface area contributed by atoms with E-state index in [0.717, 1.165) is 19.3 Å². The van der Waals surface area contributed by atoms with Crippen LogP contribution < -0.4 is 5.14 Å². The van der Waals surface area contributed by atoms with Crippen LogP contribution in [0.3, 0.4) is 0 Å². The summed E-state index contributed by atoms with van der Waals surface area (Å²) in [6.45, 7) is 2.29. The largest absolute Gasteiger partial charge is 0.229 e. The van der Waals surface area contributed by atoms with Crippen molar-refractivity contribution in [3.8, 4) is 0 Å². The van der Waals surface area contributed by atoms with Crippen molar-refractivity contribution >= 4 is 10.0 Å². The maximum absolute atomic E-state index is 10.8. The molecule has 0 unspecified atom stereocenters. The number of hydrogen-bond donors (Lipinski definition) is 1. The van der Waals surface area contributed by atoms with Crippen LogP contribution in [0.1, 0.15) is 155 Å². The van der Waals surface area contributed by atoms with Crippen LogP contribution in [0.4, 0.5) is 0 Å². The molecule has 0 rings (SSSR count). The molecule has 0 aromatic heterocycles. The maximum Gasteiger partial charge on any atom is 0.209 e. The van der Waals surface area contributed by atoms with E-state index in [0.29, 0.717) is 0 Å². The van der Waals surface area contributed by atoms with E-state index in [1.54, 1.807) is 0 Å². The lowest BCUT2D eigenvalue weighted by molar-refractivity contribution is 0.518. The molecule has 0 aliphatic rings. The predicted molar refractivity (Wildman–Crippen MR) is 130 cm³/mol. The molecule has 2 N–H and O–H groups in total. The first kappa shape index (κ1) is 28.9. The highest BCUT2D eigenvalue weighted by Gasteiger charge is 2.01. The third kappa shape index (κ3) is 27.9. The van der Waals surface area contributed by atoms with E-state index < -0.39 is 10.0 Å². The Kier molecular flexibility index (Phi) is 22.5. The van der Waals surface area contributed by atoms with Crippen molar-refractivity contribution in [2.45, 2.75) is 155 Å². The van der Waals surface area contributed by atoms with Crippen LogP contribution in [0.25, 0.3) is 0 Å². The molecule has 0 atom stereocenters. The van der Waals surface area contributed by atoms with Crippen LogP contribution in [-0.4, -0.2) is 14.2 Å². The molecule has 0 radical (unpaired) electrons. The van der Waals surface area contributed by atoms with Crippen LogP contribution in [0.2, 0.25) is 0 Å². The molecule has 0 amide bonds. The summed E-state index contributed by atoms with van der Waals surface area (Å²) in [6.07, 6.45) is 31.1. The maximum atomic E-state index is 10.8. The zero-order chi connectivity index (χ0) is 21.5. The van der Waals surface area contributed by atoms with E-state index in [9.17, 15) is 8.42 Å². The number of hydrogen-bond acceptors (Lipinski definition) is 2. The molecule has 0 fully saturated rings. The van der Waals surface area contributed by atoms with Gasteiger partial charge in [-0.3, -0.25) is 0 Å². The van der Waals surface area contributed by atoms with Crippen molar-refractivity contribution in [1.29, 1.82) is 0 Å². The highest BCUT2D eigenvalue weighted by molar-refractivity contribution is 7.89. The third-order valence-electron chi connectivity index (χ3n) is 6.03. The second-order valence-corrected chi connectivity index (χ2v) is 10.9. The van der Waals surface area contributed by atoms with Crippen LogP contribution >= 0.6 is 0 Å². The normalized spacial score (nSPS) is 11.9. The van der Waals surface area contributed by atoms with Gasteiger partial charge >= 0.3 is 0 Å². The van der Waals surface area contributed by atoms with E-state index >= 15 is 0 Å². The molecule has 0 heterocycles. The van der Waals surface area contributed by atoms with Crippen LogP contribution in [0, 0.1) is 0 Å². The van der Waals surface area contributed by atoms with Crippen molar-refractivity contribution < 1.29 is 8.42 Å². The summed E-state index contributed by atoms with van der Waals surface area (Å²) in [5.74, 6) is 0.145. The van der Waals surface area contributed by atoms with E-state index in [-0.39, 0.29) is 5.75 Å². The summed E-state index contributed by atoms with van der Waals surface area (Å²) < 4.78 is 21.7. The highest BCUT2D eigenvalue weighted by Crippen LogP contribution is 2.15. The third-order valence-corrected chi connectivity index (χ3v) is 6.89. The van der Waals surface area contributed by atoms with Gasteiger partial charge in [-0.05, 0) is 6.42 Å². The molecule has 3 nitrogen and oxygen atoms in total. The molecule has 0 saturated heterocycles. The fraction of sp³-hybridized carbons (Fsp3) is 1.00. The van der Waals surface area contributed by atoms with Crippen molar-refractivity contribution in [1.82, 2.24) is 0 Å². The van der Waals surface area contributed by atoms with Crippen molar-refractivity contribution in [3.05, 3.63) is 0 Å². The SMILES string of the molecule is CCCCCCCCCCCCCCCCCCCCCCCCCS(N)(=O)=O. The van der Waals surface area contributed by atoms with Gasteiger partial charge in [-0.2, -0.15) is 0 Å². The first-order chi connectivity index (χ1) is 14.1. The molecule has 0 bridgehead atoms. The number of rotatable bonds is 24. The summed E-state index contributed by atoms with van der Waals surface area (Å²) in [5.41, 5.74) is 0. The van der Waals surface area contributed by atoms with Gasteiger partial charge in [0.2, 0.25) is 10.0 Å². The smallest absolute Gasteiger partial charge is 0.209 e. The molecule has 0 spiro atoms. The molecule has 4 heteroatoms. The van der Waals surface area contributed by atoms with E-state index in [1.807, 2.05) is 0 Å². The Hall–Kier alpha value is -0.0900. The van der Waals surface area contributed by atoms with Gasteiger partial charge in [-0.1, -0.05) is 148 Å². The average Bonchev–Trinajstić information content (AvgIpc) is 2.67. The Bertz CT molecular complexity index is 409. The van der Waals surface area contributed by atoms with E-state index in [1.165, 1.54) is 128 Å². The lowest BCUT2D eigenvalue weighted by atomic mass is 10.0. The van der Waals surface area contributed by atoms with Crippen LogP contribution in [-0.2, 0) is 10.0 Å². The Morgan fingerprint density at radius 2 is 0.621 bits per heavy atom. The molecule has 0 aliphatic carbocycles. The molecule has 0 aromatic carbocycles. The topological polar surface area (TPSA) is 60.2 Å². The molecule has 0 aromatic rings. The Balaban J connectivity index is 3.03. The Labute approximate surface area is 184 Å². The Morgan fingerprint density at radius 1 is 0.414 bits per heavy atom. The van der Waals surface area contributed by atoms with Gasteiger partial charge in [0.25, 0.3) is 0 Å². The molecular weight excluding hydrogens is 378 g/mol. The first-order valence-electron chi connectivity index (χ1n) is 13.1. The predicted octanol–water partition coefficient (Wildman–Crippen LogP) is 8.27. The van der Waals surface area contributed by atoms with Gasteiger partial charge in [0.05, 0.1) is 5.75 Å². The lowest BCUT2D eigenvalue weighted by Gasteiger charge is -2.04. The highest BCUT2D eigenvalue weighted by atomic mass is 32.2. The molecule has 0 aliphatic heterocycles. The minimum atomic E-state index is -3.25. The van der Waals surface area contributed by atoms with Gasteiger partial charge in [-0.25, -0.2) is 13.6 Å². The molecule has 29 heavy (non-hydrogen) atoms. The zero-order valence-electron chi connectivity index (χ0n) is 19.8. The van der Waals surface area contributed by atoms with Gasteiger partial charge in [0.15, 0.2) is 0 Å². The lowest BCUT2D eigenvalue weighted by Crippen LogP contribution is -2.16. The summed E-state index contributed by atoms with van der Waals surface area (Å²) >= 11 is 0. The monoisotopic (exact) mass is 431 g/mol. The second kappa shape index (κ2) is 22.6. The number of unbranched alkanes of at least 4 members (excludes halogenated alkanes) is 22. The van der Waals surface area contributed by atoms with Crippen molar-refractivity contribution in [3.63, 3.8) is 0 Å². The quantitative estimate of drug-likeness (QED) is 0.156. The van der Waals surface area contributed by atoms with Gasteiger partial charge < -0.3 is 0 Å². The van der Waals surface area contributed by atoms with Crippen molar-refractivity contribution in [2.75, 3.05) is 5.75 Å². The zero-order valence-corrected chi connectivity index (χ0v) is 20.6. The first-order valence-corrected chi connectivity index (χ1v) is 14.8. The fourth-order valence-corrected chi connectivity index (χ4v) is 4.70. The average molecular weight is 432 g/mol. The second-order valence-electron chi connectivity index (χ2n) is 9.15. The van der Waals surface area contributed by atoms with E-state index in [4.69, 9.17) is 5.14 Å². The number of primary sulfonamides is 1. The van der Waals surface area contributed by atoms with Gasteiger partial charge in [-0.15, -0.1) is 0 Å². The fourth-order valence-electron chi connectivity index (χ4n) is 4.09. The minimum absolute atomic E-state index is 0.145. The molecular formula is C25H53NO2S.